The zero-order valence-electron chi connectivity index (χ0n) is 8.25. The third-order valence-corrected chi connectivity index (χ3v) is 1.75. The SMILES string of the molecule is O=C(C(F)F)C(F)C(=O)C(F)(F)C(F)(F)C(F)(F)F. The molecule has 0 rings (SSSR count). The summed E-state index contributed by atoms with van der Waals surface area (Å²) in [4.78, 5) is 20.4. The van der Waals surface area contributed by atoms with Crippen LogP contribution in [0.5, 0.6) is 0 Å². The Bertz CT molecular complexity index is 371. The van der Waals surface area contributed by atoms with Crippen LogP contribution in [0.4, 0.5) is 43.9 Å². The second kappa shape index (κ2) is 4.96. The van der Waals surface area contributed by atoms with Crippen molar-refractivity contribution in [1.82, 2.24) is 0 Å². The molecule has 12 heteroatoms. The van der Waals surface area contributed by atoms with E-state index in [1.807, 2.05) is 0 Å². The molecule has 0 saturated heterocycles. The first-order valence-corrected chi connectivity index (χ1v) is 4.00. The van der Waals surface area contributed by atoms with Gasteiger partial charge in [0.15, 0.2) is 0 Å². The Labute approximate surface area is 96.9 Å². The Morgan fingerprint density at radius 1 is 0.789 bits per heavy atom. The van der Waals surface area contributed by atoms with Crippen LogP contribution < -0.4 is 0 Å². The van der Waals surface area contributed by atoms with E-state index in [0.29, 0.717) is 0 Å². The summed E-state index contributed by atoms with van der Waals surface area (Å²) in [6, 6.07) is 0. The first kappa shape index (κ1) is 17.6. The Morgan fingerprint density at radius 3 is 1.42 bits per heavy atom. The number of rotatable bonds is 5. The summed E-state index contributed by atoms with van der Waals surface area (Å²) >= 11 is 0. The van der Waals surface area contributed by atoms with E-state index < -0.39 is 42.2 Å². The van der Waals surface area contributed by atoms with E-state index in [9.17, 15) is 53.5 Å². The monoisotopic (exact) mass is 308 g/mol. The van der Waals surface area contributed by atoms with Crippen LogP contribution in [0.25, 0.3) is 0 Å². The van der Waals surface area contributed by atoms with Gasteiger partial charge in [-0.2, -0.15) is 30.7 Å². The Hall–Kier alpha value is -1.36. The lowest BCUT2D eigenvalue weighted by atomic mass is 10.0. The molecule has 0 fully saturated rings. The van der Waals surface area contributed by atoms with Crippen molar-refractivity contribution in [2.75, 3.05) is 0 Å². The quantitative estimate of drug-likeness (QED) is 0.578. The van der Waals surface area contributed by atoms with Crippen molar-refractivity contribution in [1.29, 1.82) is 0 Å². The van der Waals surface area contributed by atoms with Gasteiger partial charge in [-0.15, -0.1) is 0 Å². The largest absolute Gasteiger partial charge is 0.460 e. The number of carbonyl (C=O) groups excluding carboxylic acids is 2. The number of hydrogen-bond acceptors (Lipinski definition) is 2. The highest BCUT2D eigenvalue weighted by Gasteiger charge is 2.77. The lowest BCUT2D eigenvalue weighted by molar-refractivity contribution is -0.344. The Balaban J connectivity index is 5.45. The van der Waals surface area contributed by atoms with Crippen molar-refractivity contribution in [2.24, 2.45) is 0 Å². The van der Waals surface area contributed by atoms with E-state index in [-0.39, 0.29) is 0 Å². The summed E-state index contributed by atoms with van der Waals surface area (Å²) in [6.45, 7) is 0. The summed E-state index contributed by atoms with van der Waals surface area (Å²) in [5, 5.41) is 0. The zero-order valence-corrected chi connectivity index (χ0v) is 8.25. The minimum atomic E-state index is -7.01. The number of ketones is 2. The fourth-order valence-corrected chi connectivity index (χ4v) is 0.732. The fraction of sp³-hybridized carbons (Fsp3) is 0.714. The maximum absolute atomic E-state index is 12.5. The number of halogens is 10. The van der Waals surface area contributed by atoms with Crippen LogP contribution in [-0.4, -0.2) is 42.2 Å². The molecule has 0 radical (unpaired) electrons. The number of alkyl halides is 10. The molecule has 0 bridgehead atoms. The first-order chi connectivity index (χ1) is 8.18. The Kier molecular flexibility index (Phi) is 4.61. The fourth-order valence-electron chi connectivity index (χ4n) is 0.732. The van der Waals surface area contributed by atoms with Gasteiger partial charge in [-0.3, -0.25) is 9.59 Å². The van der Waals surface area contributed by atoms with Gasteiger partial charge in [-0.1, -0.05) is 0 Å². The molecule has 112 valence electrons. The minimum Gasteiger partial charge on any atom is -0.289 e. The topological polar surface area (TPSA) is 34.1 Å². The number of hydrogen-bond donors (Lipinski definition) is 0. The third-order valence-electron chi connectivity index (χ3n) is 1.75. The molecule has 0 saturated carbocycles. The van der Waals surface area contributed by atoms with Crippen LogP contribution >= 0.6 is 0 Å². The molecule has 0 aliphatic rings. The zero-order chi connectivity index (χ0) is 15.8. The predicted molar refractivity (Wildman–Crippen MR) is 36.9 cm³/mol. The standard InChI is InChI=1S/C7H2F10O2/c8-1(2(18)4(9)10)3(19)5(11,12)6(13,14)7(15,16)17/h1,4H. The molecule has 19 heavy (non-hydrogen) atoms. The highest BCUT2D eigenvalue weighted by Crippen LogP contribution is 2.47. The molecule has 0 aromatic heterocycles. The molecule has 0 aromatic carbocycles. The molecule has 0 aliphatic carbocycles. The summed E-state index contributed by atoms with van der Waals surface area (Å²) in [7, 11) is 0. The van der Waals surface area contributed by atoms with Crippen molar-refractivity contribution in [3.05, 3.63) is 0 Å². The van der Waals surface area contributed by atoms with Crippen LogP contribution in [-0.2, 0) is 9.59 Å². The van der Waals surface area contributed by atoms with E-state index in [0.717, 1.165) is 0 Å². The average Bonchev–Trinajstić information content (AvgIpc) is 2.23. The maximum atomic E-state index is 12.5. The molecule has 0 spiro atoms. The van der Waals surface area contributed by atoms with Gasteiger partial charge in [-0.25, -0.2) is 13.2 Å². The third kappa shape index (κ3) is 2.97. The molecule has 0 heterocycles. The van der Waals surface area contributed by atoms with Gasteiger partial charge >= 0.3 is 18.0 Å². The molecule has 0 aromatic rings. The van der Waals surface area contributed by atoms with Gasteiger partial charge in [-0.05, 0) is 0 Å². The molecule has 0 amide bonds. The van der Waals surface area contributed by atoms with Crippen molar-refractivity contribution < 1.29 is 53.5 Å². The van der Waals surface area contributed by atoms with Crippen LogP contribution in [0, 0.1) is 0 Å². The molecule has 0 N–H and O–H groups in total. The van der Waals surface area contributed by atoms with Crippen molar-refractivity contribution >= 4 is 11.6 Å². The number of Topliss-reactive ketones (excluding diaryl/α,β-unsaturated/α-hetero) is 2. The first-order valence-electron chi connectivity index (χ1n) is 4.00. The minimum absolute atomic E-state index is 3.14. The van der Waals surface area contributed by atoms with Crippen LogP contribution in [0.15, 0.2) is 0 Å². The van der Waals surface area contributed by atoms with Gasteiger partial charge in [0.05, 0.1) is 0 Å². The molecular weight excluding hydrogens is 306 g/mol. The molecule has 1 atom stereocenters. The van der Waals surface area contributed by atoms with E-state index in [2.05, 4.69) is 0 Å². The number of carbonyl (C=O) groups is 2. The van der Waals surface area contributed by atoms with E-state index >= 15 is 0 Å². The highest BCUT2D eigenvalue weighted by molar-refractivity contribution is 6.09. The van der Waals surface area contributed by atoms with Crippen LogP contribution in [0.2, 0.25) is 0 Å². The second-order valence-electron chi connectivity index (χ2n) is 3.08. The van der Waals surface area contributed by atoms with Crippen LogP contribution in [0.3, 0.4) is 0 Å². The van der Waals surface area contributed by atoms with Crippen molar-refractivity contribution in [3.63, 3.8) is 0 Å². The van der Waals surface area contributed by atoms with Gasteiger partial charge in [0.1, 0.15) is 0 Å². The lowest BCUT2D eigenvalue weighted by Crippen LogP contribution is -2.59. The summed E-state index contributed by atoms with van der Waals surface area (Å²) in [5.41, 5.74) is 0. The normalized spacial score (nSPS) is 15.5. The van der Waals surface area contributed by atoms with E-state index in [1.54, 1.807) is 0 Å². The van der Waals surface area contributed by atoms with E-state index in [1.165, 1.54) is 0 Å². The molecule has 1 unspecified atom stereocenters. The molecular formula is C7H2F10O2. The lowest BCUT2D eigenvalue weighted by Gasteiger charge is -2.27. The maximum Gasteiger partial charge on any atom is 0.460 e. The molecule has 0 aliphatic heterocycles. The molecule has 2 nitrogen and oxygen atoms in total. The van der Waals surface area contributed by atoms with Crippen LogP contribution in [0.1, 0.15) is 0 Å². The second-order valence-corrected chi connectivity index (χ2v) is 3.08. The van der Waals surface area contributed by atoms with Gasteiger partial charge in [0.2, 0.25) is 17.7 Å². The summed E-state index contributed by atoms with van der Waals surface area (Å²) in [5.74, 6) is -20.7. The van der Waals surface area contributed by atoms with Crippen molar-refractivity contribution in [2.45, 2.75) is 30.6 Å². The van der Waals surface area contributed by atoms with Gasteiger partial charge in [0.25, 0.3) is 6.43 Å². The smallest absolute Gasteiger partial charge is 0.289 e. The summed E-state index contributed by atoms with van der Waals surface area (Å²) in [6.07, 6.45) is -15.8. The van der Waals surface area contributed by atoms with Gasteiger partial charge in [0, 0.05) is 0 Å². The predicted octanol–water partition coefficient (Wildman–Crippen LogP) is 2.56. The van der Waals surface area contributed by atoms with Gasteiger partial charge < -0.3 is 0 Å². The summed E-state index contributed by atoms with van der Waals surface area (Å²) < 4.78 is 120. The average molecular weight is 308 g/mol. The highest BCUT2D eigenvalue weighted by atomic mass is 19.4. The van der Waals surface area contributed by atoms with Crippen molar-refractivity contribution in [3.8, 4) is 0 Å². The Morgan fingerprint density at radius 2 is 1.16 bits per heavy atom. The van der Waals surface area contributed by atoms with E-state index in [4.69, 9.17) is 0 Å².